The topological polar surface area (TPSA) is 49.9 Å². The van der Waals surface area contributed by atoms with Crippen LogP contribution in [-0.2, 0) is 17.7 Å². The van der Waals surface area contributed by atoms with Crippen LogP contribution >= 0.6 is 12.4 Å². The number of halogens is 1. The minimum absolute atomic E-state index is 0. The Morgan fingerprint density at radius 1 is 1.25 bits per heavy atom. The quantitative estimate of drug-likeness (QED) is 0.784. The fourth-order valence-electron chi connectivity index (χ4n) is 2.56. The third-order valence-corrected chi connectivity index (χ3v) is 3.45. The molecule has 0 saturated carbocycles. The van der Waals surface area contributed by atoms with Crippen molar-refractivity contribution in [3.63, 3.8) is 0 Å². The standard InChI is InChI=1S/C11H17N3O.ClH/c1-4-12-7-9-10(1)13-14-11(9)8-2-5-15-6-3-8;/h8,12H,1-7H2,(H,13,14);1H. The summed E-state index contributed by atoms with van der Waals surface area (Å²) < 4.78 is 5.39. The highest BCUT2D eigenvalue weighted by Gasteiger charge is 2.24. The molecule has 2 N–H and O–H groups in total. The summed E-state index contributed by atoms with van der Waals surface area (Å²) in [7, 11) is 0. The molecule has 16 heavy (non-hydrogen) atoms. The van der Waals surface area contributed by atoms with Crippen LogP contribution in [0.4, 0.5) is 0 Å². The number of aromatic nitrogens is 2. The molecule has 1 aromatic rings. The van der Waals surface area contributed by atoms with E-state index in [4.69, 9.17) is 4.74 Å². The summed E-state index contributed by atoms with van der Waals surface area (Å²) in [4.78, 5) is 0. The van der Waals surface area contributed by atoms with Crippen molar-refractivity contribution < 1.29 is 4.74 Å². The number of aromatic amines is 1. The van der Waals surface area contributed by atoms with Crippen molar-refractivity contribution in [2.24, 2.45) is 0 Å². The third kappa shape index (κ3) is 2.10. The van der Waals surface area contributed by atoms with Crippen molar-refractivity contribution in [3.05, 3.63) is 17.0 Å². The molecular weight excluding hydrogens is 226 g/mol. The number of hydrogen-bond donors (Lipinski definition) is 2. The van der Waals surface area contributed by atoms with E-state index in [2.05, 4.69) is 15.5 Å². The van der Waals surface area contributed by atoms with E-state index in [1.807, 2.05) is 0 Å². The van der Waals surface area contributed by atoms with Gasteiger partial charge in [0.1, 0.15) is 0 Å². The first kappa shape index (κ1) is 11.9. The first-order valence-electron chi connectivity index (χ1n) is 5.79. The zero-order valence-corrected chi connectivity index (χ0v) is 10.1. The predicted molar refractivity (Wildman–Crippen MR) is 64.0 cm³/mol. The minimum atomic E-state index is 0. The Labute approximate surface area is 102 Å². The van der Waals surface area contributed by atoms with Crippen LogP contribution in [0.15, 0.2) is 0 Å². The Morgan fingerprint density at radius 2 is 2.06 bits per heavy atom. The van der Waals surface area contributed by atoms with E-state index in [1.54, 1.807) is 0 Å². The fourth-order valence-corrected chi connectivity index (χ4v) is 2.56. The second-order valence-electron chi connectivity index (χ2n) is 4.38. The van der Waals surface area contributed by atoms with E-state index < -0.39 is 0 Å². The van der Waals surface area contributed by atoms with Gasteiger partial charge < -0.3 is 10.1 Å². The van der Waals surface area contributed by atoms with Gasteiger partial charge in [-0.3, -0.25) is 5.10 Å². The fraction of sp³-hybridized carbons (Fsp3) is 0.727. The molecule has 0 amide bonds. The summed E-state index contributed by atoms with van der Waals surface area (Å²) in [6.45, 7) is 3.83. The van der Waals surface area contributed by atoms with E-state index in [-0.39, 0.29) is 12.4 Å². The van der Waals surface area contributed by atoms with Gasteiger partial charge in [-0.1, -0.05) is 0 Å². The van der Waals surface area contributed by atoms with E-state index in [0.717, 1.165) is 45.6 Å². The Kier molecular flexibility index (Phi) is 3.84. The van der Waals surface area contributed by atoms with E-state index in [1.165, 1.54) is 17.0 Å². The molecule has 0 unspecified atom stereocenters. The zero-order chi connectivity index (χ0) is 10.1. The van der Waals surface area contributed by atoms with E-state index >= 15 is 0 Å². The molecule has 0 radical (unpaired) electrons. The van der Waals surface area contributed by atoms with Gasteiger partial charge in [0.05, 0.1) is 5.69 Å². The van der Waals surface area contributed by atoms with Crippen LogP contribution in [0.25, 0.3) is 0 Å². The molecule has 5 heteroatoms. The van der Waals surface area contributed by atoms with Gasteiger partial charge in [0.2, 0.25) is 0 Å². The number of nitrogens with zero attached hydrogens (tertiary/aromatic N) is 1. The molecule has 2 aliphatic rings. The van der Waals surface area contributed by atoms with Crippen LogP contribution in [-0.4, -0.2) is 30.0 Å². The lowest BCUT2D eigenvalue weighted by Crippen LogP contribution is -2.25. The van der Waals surface area contributed by atoms with Crippen LogP contribution in [0.5, 0.6) is 0 Å². The lowest BCUT2D eigenvalue weighted by molar-refractivity contribution is 0.0843. The molecule has 0 spiro atoms. The molecule has 4 nitrogen and oxygen atoms in total. The van der Waals surface area contributed by atoms with Crippen LogP contribution in [0.3, 0.4) is 0 Å². The largest absolute Gasteiger partial charge is 0.381 e. The van der Waals surface area contributed by atoms with E-state index in [0.29, 0.717) is 5.92 Å². The van der Waals surface area contributed by atoms with Gasteiger partial charge in [-0.05, 0) is 12.8 Å². The van der Waals surface area contributed by atoms with Crippen LogP contribution in [0.1, 0.15) is 35.7 Å². The zero-order valence-electron chi connectivity index (χ0n) is 9.29. The van der Waals surface area contributed by atoms with Gasteiger partial charge in [-0.15, -0.1) is 12.4 Å². The number of nitrogens with one attached hydrogen (secondary N) is 2. The first-order chi connectivity index (χ1) is 7.45. The van der Waals surface area contributed by atoms with Gasteiger partial charge in [0.15, 0.2) is 0 Å². The molecule has 0 aromatic carbocycles. The molecule has 1 saturated heterocycles. The molecule has 0 bridgehead atoms. The monoisotopic (exact) mass is 243 g/mol. The number of fused-ring (bicyclic) bond motifs is 1. The van der Waals surface area contributed by atoms with Crippen molar-refractivity contribution in [1.29, 1.82) is 0 Å². The summed E-state index contributed by atoms with van der Waals surface area (Å²) >= 11 is 0. The maximum Gasteiger partial charge on any atom is 0.0702 e. The smallest absolute Gasteiger partial charge is 0.0702 e. The van der Waals surface area contributed by atoms with Gasteiger partial charge in [-0.25, -0.2) is 0 Å². The summed E-state index contributed by atoms with van der Waals surface area (Å²) in [6, 6.07) is 0. The summed E-state index contributed by atoms with van der Waals surface area (Å²) in [5.74, 6) is 0.610. The lowest BCUT2D eigenvalue weighted by atomic mass is 9.92. The van der Waals surface area contributed by atoms with Crippen molar-refractivity contribution in [1.82, 2.24) is 15.5 Å². The maximum absolute atomic E-state index is 5.39. The highest BCUT2D eigenvalue weighted by atomic mass is 35.5. The van der Waals surface area contributed by atoms with Gasteiger partial charge in [0.25, 0.3) is 0 Å². The van der Waals surface area contributed by atoms with Gasteiger partial charge in [-0.2, -0.15) is 5.10 Å². The molecule has 3 rings (SSSR count). The van der Waals surface area contributed by atoms with Crippen molar-refractivity contribution in [3.8, 4) is 0 Å². The maximum atomic E-state index is 5.39. The molecular formula is C11H18ClN3O. The second kappa shape index (κ2) is 5.17. The van der Waals surface area contributed by atoms with Gasteiger partial charge in [0, 0.05) is 49.9 Å². The van der Waals surface area contributed by atoms with Crippen LogP contribution < -0.4 is 5.32 Å². The molecule has 1 fully saturated rings. The molecule has 3 heterocycles. The Balaban J connectivity index is 0.000000963. The Morgan fingerprint density at radius 3 is 2.88 bits per heavy atom. The van der Waals surface area contributed by atoms with Gasteiger partial charge >= 0.3 is 0 Å². The molecule has 0 aliphatic carbocycles. The SMILES string of the molecule is C1Cc2[nH]nc(C3CCOCC3)c2CN1.Cl. The number of hydrogen-bond acceptors (Lipinski definition) is 3. The van der Waals surface area contributed by atoms with Crippen LogP contribution in [0, 0.1) is 0 Å². The molecule has 2 aliphatic heterocycles. The van der Waals surface area contributed by atoms with Crippen molar-refractivity contribution in [2.45, 2.75) is 31.7 Å². The highest BCUT2D eigenvalue weighted by Crippen LogP contribution is 2.30. The normalized spacial score (nSPS) is 21.2. The number of ether oxygens (including phenoxy) is 1. The third-order valence-electron chi connectivity index (χ3n) is 3.45. The average molecular weight is 244 g/mol. The number of rotatable bonds is 1. The first-order valence-corrected chi connectivity index (χ1v) is 5.79. The molecule has 0 atom stereocenters. The average Bonchev–Trinajstić information content (AvgIpc) is 2.74. The molecule has 90 valence electrons. The lowest BCUT2D eigenvalue weighted by Gasteiger charge is -2.22. The Hall–Kier alpha value is -0.580. The van der Waals surface area contributed by atoms with Crippen LogP contribution in [0.2, 0.25) is 0 Å². The van der Waals surface area contributed by atoms with Crippen molar-refractivity contribution >= 4 is 12.4 Å². The molecule has 1 aromatic heterocycles. The predicted octanol–water partition coefficient (Wildman–Crippen LogP) is 1.37. The highest BCUT2D eigenvalue weighted by molar-refractivity contribution is 5.85. The summed E-state index contributed by atoms with van der Waals surface area (Å²) in [5, 5.41) is 11.1. The summed E-state index contributed by atoms with van der Waals surface area (Å²) in [6.07, 6.45) is 3.33. The van der Waals surface area contributed by atoms with E-state index in [9.17, 15) is 0 Å². The van der Waals surface area contributed by atoms with Crippen molar-refractivity contribution in [2.75, 3.05) is 19.8 Å². The second-order valence-corrected chi connectivity index (χ2v) is 4.38. The number of H-pyrrole nitrogens is 1. The minimum Gasteiger partial charge on any atom is -0.381 e. The summed E-state index contributed by atoms with van der Waals surface area (Å²) in [5.41, 5.74) is 4.06. The Bertz CT molecular complexity index is 347.